The third-order valence-corrected chi connectivity index (χ3v) is 7.54. The maximum Gasteiger partial charge on any atom is 0.416 e. The van der Waals surface area contributed by atoms with E-state index in [0.717, 1.165) is 29.0 Å². The van der Waals surface area contributed by atoms with Crippen molar-refractivity contribution in [1.82, 2.24) is 9.97 Å². The quantitative estimate of drug-likeness (QED) is 0.529. The topological polar surface area (TPSA) is 87.7 Å². The number of rotatable bonds is 4. The van der Waals surface area contributed by atoms with Crippen LogP contribution in [0.25, 0.3) is 0 Å². The highest BCUT2D eigenvalue weighted by Crippen LogP contribution is 2.53. The summed E-state index contributed by atoms with van der Waals surface area (Å²) in [5, 5.41) is 2.67. The predicted octanol–water partition coefficient (Wildman–Crippen LogP) is 4.47. The first-order chi connectivity index (χ1) is 18.7. The fourth-order valence-corrected chi connectivity index (χ4v) is 5.23. The Kier molecular flexibility index (Phi) is 6.05. The van der Waals surface area contributed by atoms with E-state index in [1.54, 1.807) is 29.3 Å². The molecular weight excluding hydrogens is 511 g/mol. The number of anilines is 3. The summed E-state index contributed by atoms with van der Waals surface area (Å²) < 4.78 is 44.7. The zero-order valence-electron chi connectivity index (χ0n) is 21.2. The summed E-state index contributed by atoms with van der Waals surface area (Å²) in [5.74, 6) is -0.111. The number of morpholine rings is 1. The van der Waals surface area contributed by atoms with E-state index in [0.29, 0.717) is 56.5 Å². The van der Waals surface area contributed by atoms with E-state index in [4.69, 9.17) is 9.72 Å². The minimum atomic E-state index is -4.55. The fraction of sp³-hybridized carbons (Fsp3) is 0.357. The van der Waals surface area contributed by atoms with Crippen LogP contribution < -0.4 is 15.1 Å². The van der Waals surface area contributed by atoms with Crippen LogP contribution in [0, 0.1) is 6.92 Å². The predicted molar refractivity (Wildman–Crippen MR) is 138 cm³/mol. The number of nitrogens with zero attached hydrogens (tertiary/aromatic N) is 4. The van der Waals surface area contributed by atoms with Crippen molar-refractivity contribution < 1.29 is 27.5 Å². The highest BCUT2D eigenvalue weighted by atomic mass is 19.4. The maximum absolute atomic E-state index is 13.8. The average molecular weight is 538 g/mol. The number of halogens is 3. The van der Waals surface area contributed by atoms with Gasteiger partial charge < -0.3 is 19.9 Å². The molecule has 6 rings (SSSR count). The molecule has 1 saturated heterocycles. The van der Waals surface area contributed by atoms with Gasteiger partial charge in [0.1, 0.15) is 0 Å². The van der Waals surface area contributed by atoms with Gasteiger partial charge in [-0.05, 0) is 55.7 Å². The standard InChI is InChI=1S/C28H26F3N5O3/c1-17-5-6-21(33-24(37)18-3-2-4-20(13-18)28(29,30)31)14-22(17)36-16-19-15-32-26(35-9-11-39-12-10-35)34-23(19)27(7-8-27)25(36)38/h2-6,13-15H,7-12,16H2,1H3,(H,33,37). The molecule has 3 aliphatic rings. The number of amides is 2. The van der Waals surface area contributed by atoms with Crippen molar-refractivity contribution in [2.24, 2.45) is 0 Å². The summed E-state index contributed by atoms with van der Waals surface area (Å²) in [6.07, 6.45) is -1.37. The van der Waals surface area contributed by atoms with E-state index >= 15 is 0 Å². The zero-order valence-corrected chi connectivity index (χ0v) is 21.2. The second-order valence-corrected chi connectivity index (χ2v) is 10.2. The lowest BCUT2D eigenvalue weighted by molar-refractivity contribution is -0.137. The number of hydrogen-bond donors (Lipinski definition) is 1. The molecular formula is C28H26F3N5O3. The van der Waals surface area contributed by atoms with Gasteiger partial charge in [-0.3, -0.25) is 9.59 Å². The van der Waals surface area contributed by atoms with Gasteiger partial charge in [0.25, 0.3) is 5.91 Å². The Morgan fingerprint density at radius 2 is 1.87 bits per heavy atom. The van der Waals surface area contributed by atoms with Crippen molar-refractivity contribution in [3.8, 4) is 0 Å². The molecule has 0 bridgehead atoms. The Morgan fingerprint density at radius 3 is 2.59 bits per heavy atom. The van der Waals surface area contributed by atoms with Crippen LogP contribution >= 0.6 is 0 Å². The molecule has 2 aliphatic heterocycles. The number of hydrogen-bond acceptors (Lipinski definition) is 6. The molecule has 1 saturated carbocycles. The van der Waals surface area contributed by atoms with Crippen LogP contribution in [-0.2, 0) is 27.7 Å². The molecule has 0 atom stereocenters. The summed E-state index contributed by atoms with van der Waals surface area (Å²) in [7, 11) is 0. The summed E-state index contributed by atoms with van der Waals surface area (Å²) in [5.41, 5.74) is 1.78. The third kappa shape index (κ3) is 4.60. The number of fused-ring (bicyclic) bond motifs is 2. The van der Waals surface area contributed by atoms with Crippen LogP contribution in [0.2, 0.25) is 0 Å². The molecule has 1 spiro atoms. The van der Waals surface area contributed by atoms with Gasteiger partial charge in [-0.1, -0.05) is 12.1 Å². The molecule has 1 aromatic heterocycles. The first-order valence-corrected chi connectivity index (χ1v) is 12.8. The number of ether oxygens (including phenoxy) is 1. The van der Waals surface area contributed by atoms with Crippen LogP contribution in [0.3, 0.4) is 0 Å². The minimum absolute atomic E-state index is 0.0499. The fourth-order valence-electron chi connectivity index (χ4n) is 5.23. The molecule has 1 N–H and O–H groups in total. The van der Waals surface area contributed by atoms with Crippen molar-refractivity contribution in [2.45, 2.75) is 37.9 Å². The van der Waals surface area contributed by atoms with Crippen molar-refractivity contribution >= 4 is 29.1 Å². The molecule has 202 valence electrons. The summed E-state index contributed by atoms with van der Waals surface area (Å²) in [6, 6.07) is 9.38. The van der Waals surface area contributed by atoms with Crippen LogP contribution in [0.4, 0.5) is 30.5 Å². The van der Waals surface area contributed by atoms with Gasteiger partial charge >= 0.3 is 6.18 Å². The van der Waals surface area contributed by atoms with Crippen LogP contribution in [0.5, 0.6) is 0 Å². The van der Waals surface area contributed by atoms with Crippen LogP contribution in [0.15, 0.2) is 48.7 Å². The number of benzene rings is 2. The number of aryl methyl sites for hydroxylation is 1. The van der Waals surface area contributed by atoms with Crippen molar-refractivity contribution in [3.63, 3.8) is 0 Å². The molecule has 39 heavy (non-hydrogen) atoms. The molecule has 2 aromatic carbocycles. The number of carbonyl (C=O) groups is 2. The molecule has 2 amide bonds. The summed E-state index contributed by atoms with van der Waals surface area (Å²) in [4.78, 5) is 39.8. The molecule has 0 radical (unpaired) electrons. The highest BCUT2D eigenvalue weighted by molar-refractivity contribution is 6.07. The largest absolute Gasteiger partial charge is 0.416 e. The lowest BCUT2D eigenvalue weighted by Crippen LogP contribution is -2.45. The summed E-state index contributed by atoms with van der Waals surface area (Å²) >= 11 is 0. The second-order valence-electron chi connectivity index (χ2n) is 10.2. The smallest absolute Gasteiger partial charge is 0.378 e. The number of carbonyl (C=O) groups excluding carboxylic acids is 2. The summed E-state index contributed by atoms with van der Waals surface area (Å²) in [6.45, 7) is 4.77. The Hall–Kier alpha value is -3.99. The van der Waals surface area contributed by atoms with Gasteiger partial charge in [-0.25, -0.2) is 9.97 Å². The Bertz CT molecular complexity index is 1470. The SMILES string of the molecule is Cc1ccc(NC(=O)c2cccc(C(F)(F)F)c2)cc1N1Cc2cnc(N3CCOCC3)nc2C2(CC2)C1=O. The van der Waals surface area contributed by atoms with E-state index in [1.807, 2.05) is 6.92 Å². The van der Waals surface area contributed by atoms with Crippen molar-refractivity contribution in [1.29, 1.82) is 0 Å². The van der Waals surface area contributed by atoms with Gasteiger partial charge in [-0.15, -0.1) is 0 Å². The van der Waals surface area contributed by atoms with Gasteiger partial charge in [0.2, 0.25) is 11.9 Å². The number of aromatic nitrogens is 2. The normalized spacial score (nSPS) is 18.2. The highest BCUT2D eigenvalue weighted by Gasteiger charge is 2.58. The lowest BCUT2D eigenvalue weighted by Gasteiger charge is -2.35. The Morgan fingerprint density at radius 1 is 1.10 bits per heavy atom. The van der Waals surface area contributed by atoms with E-state index in [9.17, 15) is 22.8 Å². The molecule has 3 heterocycles. The maximum atomic E-state index is 13.8. The van der Waals surface area contributed by atoms with E-state index in [2.05, 4.69) is 15.2 Å². The van der Waals surface area contributed by atoms with Crippen molar-refractivity contribution in [3.05, 3.63) is 76.6 Å². The number of alkyl halides is 3. The van der Waals surface area contributed by atoms with Crippen molar-refractivity contribution in [2.75, 3.05) is 41.4 Å². The average Bonchev–Trinajstić information content (AvgIpc) is 3.74. The zero-order chi connectivity index (χ0) is 27.4. The number of nitrogens with one attached hydrogen (secondary N) is 1. The molecule has 11 heteroatoms. The van der Waals surface area contributed by atoms with E-state index in [-0.39, 0.29) is 18.0 Å². The third-order valence-electron chi connectivity index (χ3n) is 7.54. The molecule has 0 unspecified atom stereocenters. The molecule has 8 nitrogen and oxygen atoms in total. The lowest BCUT2D eigenvalue weighted by atomic mass is 9.91. The first-order valence-electron chi connectivity index (χ1n) is 12.8. The van der Waals surface area contributed by atoms with Gasteiger partial charge in [0.05, 0.1) is 36.4 Å². The van der Waals surface area contributed by atoms with E-state index < -0.39 is 23.1 Å². The van der Waals surface area contributed by atoms with Gasteiger partial charge in [0, 0.05) is 41.8 Å². The Balaban J connectivity index is 1.27. The Labute approximate surface area is 222 Å². The van der Waals surface area contributed by atoms with Gasteiger partial charge in [0.15, 0.2) is 0 Å². The van der Waals surface area contributed by atoms with Crippen LogP contribution in [-0.4, -0.2) is 48.1 Å². The first kappa shape index (κ1) is 25.3. The second kappa shape index (κ2) is 9.33. The minimum Gasteiger partial charge on any atom is -0.378 e. The van der Waals surface area contributed by atoms with Crippen LogP contribution in [0.1, 0.15) is 45.6 Å². The van der Waals surface area contributed by atoms with E-state index in [1.165, 1.54) is 12.1 Å². The molecule has 3 aromatic rings. The van der Waals surface area contributed by atoms with Gasteiger partial charge in [-0.2, -0.15) is 13.2 Å². The molecule has 1 aliphatic carbocycles. The molecule has 2 fully saturated rings. The monoisotopic (exact) mass is 537 g/mol.